The second-order valence-electron chi connectivity index (χ2n) is 7.34. The van der Waals surface area contributed by atoms with Crippen LogP contribution in [0.15, 0.2) is 35.3 Å². The summed E-state index contributed by atoms with van der Waals surface area (Å²) in [5, 5.41) is 6.90. The van der Waals surface area contributed by atoms with Crippen LogP contribution in [-0.4, -0.2) is 55.8 Å². The Kier molecular flexibility index (Phi) is 9.34. The molecule has 3 rings (SSSR count). The highest BCUT2D eigenvalue weighted by Crippen LogP contribution is 2.47. The van der Waals surface area contributed by atoms with Gasteiger partial charge in [-0.1, -0.05) is 30.3 Å². The maximum absolute atomic E-state index is 11.8. The van der Waals surface area contributed by atoms with Crippen LogP contribution in [0.4, 0.5) is 4.79 Å². The van der Waals surface area contributed by atoms with Crippen LogP contribution in [0.1, 0.15) is 44.6 Å². The summed E-state index contributed by atoms with van der Waals surface area (Å²) < 4.78 is 5.09. The summed E-state index contributed by atoms with van der Waals surface area (Å²) in [4.78, 5) is 18.4. The fraction of sp³-hybridized carbons (Fsp3) is 0.619. The molecule has 6 nitrogen and oxygen atoms in total. The van der Waals surface area contributed by atoms with E-state index in [1.54, 1.807) is 4.90 Å². The van der Waals surface area contributed by atoms with Gasteiger partial charge in [0.05, 0.1) is 6.61 Å². The van der Waals surface area contributed by atoms with Crippen LogP contribution in [0.3, 0.4) is 0 Å². The lowest BCUT2D eigenvalue weighted by molar-refractivity contribution is 0.0963. The van der Waals surface area contributed by atoms with Gasteiger partial charge in [-0.3, -0.25) is 4.99 Å². The first-order chi connectivity index (χ1) is 13.2. The normalized spacial score (nSPS) is 22.2. The van der Waals surface area contributed by atoms with Crippen molar-refractivity contribution in [1.82, 2.24) is 15.5 Å². The number of likely N-dealkylation sites (tertiary alicyclic amines) is 1. The first-order valence-corrected chi connectivity index (χ1v) is 10.2. The van der Waals surface area contributed by atoms with Gasteiger partial charge in [-0.05, 0) is 50.5 Å². The number of nitrogens with one attached hydrogen (secondary N) is 2. The fourth-order valence-corrected chi connectivity index (χ4v) is 3.70. The second kappa shape index (κ2) is 11.5. The van der Waals surface area contributed by atoms with Crippen LogP contribution in [0.2, 0.25) is 0 Å². The molecule has 1 aliphatic carbocycles. The zero-order valence-corrected chi connectivity index (χ0v) is 19.2. The summed E-state index contributed by atoms with van der Waals surface area (Å²) in [6.07, 6.45) is 2.86. The lowest BCUT2D eigenvalue weighted by atomic mass is 10.1. The van der Waals surface area contributed by atoms with Gasteiger partial charge in [0.2, 0.25) is 0 Å². The number of amides is 1. The lowest BCUT2D eigenvalue weighted by Crippen LogP contribution is -2.50. The number of rotatable bonds is 6. The summed E-state index contributed by atoms with van der Waals surface area (Å²) in [5.74, 6) is 2.20. The van der Waals surface area contributed by atoms with Crippen molar-refractivity contribution in [2.24, 2.45) is 10.9 Å². The molecule has 0 radical (unpaired) electrons. The molecule has 1 aliphatic heterocycles. The number of piperidine rings is 1. The van der Waals surface area contributed by atoms with E-state index in [4.69, 9.17) is 9.73 Å². The highest BCUT2D eigenvalue weighted by atomic mass is 127. The van der Waals surface area contributed by atoms with Crippen molar-refractivity contribution in [1.29, 1.82) is 0 Å². The molecule has 0 spiro atoms. The topological polar surface area (TPSA) is 66.0 Å². The highest BCUT2D eigenvalue weighted by molar-refractivity contribution is 14.0. The van der Waals surface area contributed by atoms with E-state index >= 15 is 0 Å². The Labute approximate surface area is 185 Å². The molecule has 1 aromatic rings. The average Bonchev–Trinajstić information content (AvgIpc) is 3.47. The van der Waals surface area contributed by atoms with Crippen molar-refractivity contribution in [3.05, 3.63) is 35.9 Å². The van der Waals surface area contributed by atoms with Crippen molar-refractivity contribution in [2.45, 2.75) is 45.1 Å². The van der Waals surface area contributed by atoms with E-state index in [0.717, 1.165) is 45.0 Å². The number of guanidine groups is 1. The van der Waals surface area contributed by atoms with Crippen molar-refractivity contribution < 1.29 is 9.53 Å². The minimum absolute atomic E-state index is 0. The number of hydrogen-bond donors (Lipinski definition) is 2. The van der Waals surface area contributed by atoms with Crippen LogP contribution in [-0.2, 0) is 4.74 Å². The molecule has 2 atom stereocenters. The van der Waals surface area contributed by atoms with Gasteiger partial charge in [0.25, 0.3) is 0 Å². The van der Waals surface area contributed by atoms with Gasteiger partial charge in [-0.25, -0.2) is 4.79 Å². The van der Waals surface area contributed by atoms with Gasteiger partial charge in [0, 0.05) is 32.2 Å². The quantitative estimate of drug-likeness (QED) is 0.356. The largest absolute Gasteiger partial charge is 0.450 e. The SMILES string of the molecule is CCNC(=NCC1CC1c1ccccc1)NC1CCN(C(=O)OCC)CC1.I. The summed E-state index contributed by atoms with van der Waals surface area (Å²) in [7, 11) is 0. The molecule has 28 heavy (non-hydrogen) atoms. The summed E-state index contributed by atoms with van der Waals surface area (Å²) >= 11 is 0. The average molecular weight is 500 g/mol. The molecule has 1 heterocycles. The molecule has 2 N–H and O–H groups in total. The van der Waals surface area contributed by atoms with Gasteiger partial charge in [-0.15, -0.1) is 24.0 Å². The van der Waals surface area contributed by atoms with Crippen LogP contribution < -0.4 is 10.6 Å². The molecule has 7 heteroatoms. The first kappa shape index (κ1) is 22.8. The van der Waals surface area contributed by atoms with Crippen molar-refractivity contribution in [2.75, 3.05) is 32.8 Å². The number of nitrogens with zero attached hydrogens (tertiary/aromatic N) is 2. The monoisotopic (exact) mass is 500 g/mol. The summed E-state index contributed by atoms with van der Waals surface area (Å²) in [6, 6.07) is 11.1. The number of hydrogen-bond acceptors (Lipinski definition) is 3. The van der Waals surface area contributed by atoms with Crippen LogP contribution >= 0.6 is 24.0 Å². The molecule has 1 aromatic carbocycles. The molecule has 2 aliphatic rings. The molecule has 2 fully saturated rings. The molecule has 1 amide bonds. The molecular formula is C21H33IN4O2. The molecule has 1 saturated carbocycles. The van der Waals surface area contributed by atoms with E-state index in [1.807, 2.05) is 6.92 Å². The zero-order chi connectivity index (χ0) is 19.1. The second-order valence-corrected chi connectivity index (χ2v) is 7.34. The zero-order valence-electron chi connectivity index (χ0n) is 16.9. The molecule has 0 bridgehead atoms. The molecule has 1 saturated heterocycles. The fourth-order valence-electron chi connectivity index (χ4n) is 3.70. The Morgan fingerprint density at radius 3 is 2.57 bits per heavy atom. The number of benzene rings is 1. The van der Waals surface area contributed by atoms with Crippen LogP contribution in [0, 0.1) is 5.92 Å². The molecule has 2 unspecified atom stereocenters. The predicted octanol–water partition coefficient (Wildman–Crippen LogP) is 3.58. The number of halogens is 1. The van der Waals surface area contributed by atoms with Crippen molar-refractivity contribution >= 4 is 36.0 Å². The summed E-state index contributed by atoms with van der Waals surface area (Å²) in [5.41, 5.74) is 1.43. The maximum atomic E-state index is 11.8. The highest BCUT2D eigenvalue weighted by Gasteiger charge is 2.37. The smallest absolute Gasteiger partial charge is 0.409 e. The third kappa shape index (κ3) is 6.53. The third-order valence-electron chi connectivity index (χ3n) is 5.34. The Morgan fingerprint density at radius 2 is 1.93 bits per heavy atom. The van der Waals surface area contributed by atoms with E-state index < -0.39 is 0 Å². The van der Waals surface area contributed by atoms with Crippen LogP contribution in [0.25, 0.3) is 0 Å². The summed E-state index contributed by atoms with van der Waals surface area (Å²) in [6.45, 7) is 7.53. The maximum Gasteiger partial charge on any atom is 0.409 e. The van der Waals surface area contributed by atoms with Crippen molar-refractivity contribution in [3.63, 3.8) is 0 Å². The van der Waals surface area contributed by atoms with Crippen LogP contribution in [0.5, 0.6) is 0 Å². The molecular weight excluding hydrogens is 467 g/mol. The third-order valence-corrected chi connectivity index (χ3v) is 5.34. The number of ether oxygens (including phenoxy) is 1. The van der Waals surface area contributed by atoms with E-state index in [9.17, 15) is 4.79 Å². The van der Waals surface area contributed by atoms with Gasteiger partial charge in [0.1, 0.15) is 0 Å². The minimum atomic E-state index is -0.197. The van der Waals surface area contributed by atoms with Crippen molar-refractivity contribution in [3.8, 4) is 0 Å². The van der Waals surface area contributed by atoms with E-state index in [0.29, 0.717) is 24.5 Å². The van der Waals surface area contributed by atoms with Gasteiger partial charge in [-0.2, -0.15) is 0 Å². The van der Waals surface area contributed by atoms with E-state index in [2.05, 4.69) is 47.9 Å². The molecule has 156 valence electrons. The Balaban J connectivity index is 0.00000280. The number of carbonyl (C=O) groups excluding carboxylic acids is 1. The van der Waals surface area contributed by atoms with E-state index in [1.165, 1.54) is 12.0 Å². The lowest BCUT2D eigenvalue weighted by Gasteiger charge is -2.32. The minimum Gasteiger partial charge on any atom is -0.450 e. The Bertz CT molecular complexity index is 633. The Hall–Kier alpha value is -1.51. The van der Waals surface area contributed by atoms with E-state index in [-0.39, 0.29) is 30.1 Å². The predicted molar refractivity (Wildman–Crippen MR) is 123 cm³/mol. The molecule has 0 aromatic heterocycles. The standard InChI is InChI=1S/C21H32N4O2.HI/c1-3-22-20(23-15-17-14-19(17)16-8-6-5-7-9-16)24-18-10-12-25(13-11-18)21(26)27-4-2;/h5-9,17-19H,3-4,10-15H2,1-2H3,(H2,22,23,24);1H. The number of aliphatic imine (C=N–C) groups is 1. The van der Waals surface area contributed by atoms with Gasteiger partial charge >= 0.3 is 6.09 Å². The first-order valence-electron chi connectivity index (χ1n) is 10.2. The Morgan fingerprint density at radius 1 is 1.21 bits per heavy atom. The van der Waals surface area contributed by atoms with Gasteiger partial charge < -0.3 is 20.3 Å². The number of carbonyl (C=O) groups is 1. The van der Waals surface area contributed by atoms with Gasteiger partial charge in [0.15, 0.2) is 5.96 Å².